The fourth-order valence-corrected chi connectivity index (χ4v) is 3.47. The van der Waals surface area contributed by atoms with Crippen LogP contribution in [0, 0.1) is 11.3 Å². The molecule has 0 aliphatic carbocycles. The molecule has 6 heteroatoms. The monoisotopic (exact) mass is 287 g/mol. The summed E-state index contributed by atoms with van der Waals surface area (Å²) < 4.78 is 21.9. The number of halogens is 1. The van der Waals surface area contributed by atoms with Gasteiger partial charge in [0.25, 0.3) is 0 Å². The minimum atomic E-state index is -3.67. The Hall–Kier alpha value is -0.850. The van der Waals surface area contributed by atoms with E-state index in [1.165, 1.54) is 0 Å². The molecule has 0 radical (unpaired) electrons. The average molecular weight is 288 g/mol. The summed E-state index contributed by atoms with van der Waals surface area (Å²) in [6.07, 6.45) is 0.725. The van der Waals surface area contributed by atoms with E-state index in [2.05, 4.69) is 4.08 Å². The molecule has 0 spiro atoms. The molecule has 0 N–H and O–H groups in total. The van der Waals surface area contributed by atoms with Gasteiger partial charge >= 0.3 is 7.60 Å². The molecule has 1 rings (SSSR count). The van der Waals surface area contributed by atoms with Crippen molar-refractivity contribution in [3.8, 4) is 6.07 Å². The maximum absolute atomic E-state index is 12.4. The first-order chi connectivity index (χ1) is 8.62. The van der Waals surface area contributed by atoms with Gasteiger partial charge in [0, 0.05) is 0 Å². The van der Waals surface area contributed by atoms with Crippen molar-refractivity contribution in [3.05, 3.63) is 35.4 Å². The zero-order chi connectivity index (χ0) is 13.6. The van der Waals surface area contributed by atoms with E-state index < -0.39 is 13.3 Å². The van der Waals surface area contributed by atoms with Crippen LogP contribution in [-0.4, -0.2) is 6.61 Å². The molecule has 98 valence electrons. The van der Waals surface area contributed by atoms with Crippen molar-refractivity contribution in [2.45, 2.75) is 25.9 Å². The highest BCUT2D eigenvalue weighted by Gasteiger charge is 2.38. The first-order valence-electron chi connectivity index (χ1n) is 5.64. The molecule has 0 saturated carbocycles. The average Bonchev–Trinajstić information content (AvgIpc) is 2.40. The quantitative estimate of drug-likeness (QED) is 0.735. The van der Waals surface area contributed by atoms with Gasteiger partial charge in [-0.15, -0.1) is 0 Å². The van der Waals surface area contributed by atoms with Gasteiger partial charge in [-0.05, 0) is 24.5 Å². The van der Waals surface area contributed by atoms with Crippen LogP contribution in [0.15, 0.2) is 24.3 Å². The lowest BCUT2D eigenvalue weighted by Gasteiger charge is -2.20. The maximum Gasteiger partial charge on any atom is 0.368 e. The molecule has 0 heterocycles. The Kier molecular flexibility index (Phi) is 5.84. The fourth-order valence-electron chi connectivity index (χ4n) is 1.75. The van der Waals surface area contributed by atoms with Crippen molar-refractivity contribution in [1.29, 1.82) is 5.26 Å². The molecule has 1 aromatic rings. The molecule has 0 amide bonds. The first-order valence-corrected chi connectivity index (χ1v) is 7.57. The molecular formula is C12H15ClNO3P. The van der Waals surface area contributed by atoms with E-state index in [1.807, 2.05) is 25.1 Å². The van der Waals surface area contributed by atoms with Crippen LogP contribution < -0.4 is 0 Å². The van der Waals surface area contributed by atoms with Crippen molar-refractivity contribution < 1.29 is 13.2 Å². The number of nitrogens with zero attached hydrogens (tertiary/aromatic N) is 1. The van der Waals surface area contributed by atoms with Crippen LogP contribution in [0.25, 0.3) is 0 Å². The van der Waals surface area contributed by atoms with E-state index in [9.17, 15) is 9.83 Å². The Morgan fingerprint density at radius 1 is 1.44 bits per heavy atom. The number of hydrogen-bond donors (Lipinski definition) is 0. The summed E-state index contributed by atoms with van der Waals surface area (Å²) in [6, 6.07) is 9.24. The zero-order valence-corrected chi connectivity index (χ0v) is 11.9. The van der Waals surface area contributed by atoms with Crippen molar-refractivity contribution >= 4 is 19.5 Å². The van der Waals surface area contributed by atoms with Crippen LogP contribution in [-0.2, 0) is 19.6 Å². The highest BCUT2D eigenvalue weighted by molar-refractivity contribution is 7.55. The molecule has 0 aromatic heterocycles. The van der Waals surface area contributed by atoms with Crippen LogP contribution in [0.2, 0.25) is 0 Å². The van der Waals surface area contributed by atoms with Gasteiger partial charge in [0.15, 0.2) is 5.66 Å². The molecule has 2 unspecified atom stereocenters. The van der Waals surface area contributed by atoms with E-state index in [0.717, 1.165) is 12.0 Å². The summed E-state index contributed by atoms with van der Waals surface area (Å²) in [5, 5.41) is 9.25. The van der Waals surface area contributed by atoms with Crippen molar-refractivity contribution in [3.63, 3.8) is 0 Å². The third kappa shape index (κ3) is 3.13. The van der Waals surface area contributed by atoms with Gasteiger partial charge in [0.05, 0.1) is 24.5 Å². The number of aryl methyl sites for hydroxylation is 1. The minimum absolute atomic E-state index is 0.163. The van der Waals surface area contributed by atoms with Crippen LogP contribution >= 0.6 is 19.5 Å². The first kappa shape index (κ1) is 15.2. The molecular weight excluding hydrogens is 273 g/mol. The molecule has 0 fully saturated rings. The van der Waals surface area contributed by atoms with E-state index in [4.69, 9.17) is 16.4 Å². The van der Waals surface area contributed by atoms with Gasteiger partial charge in [-0.25, -0.2) is 0 Å². The standard InChI is InChI=1S/C12H15ClNO3P/c1-3-10-7-5-6-8-11(10)12(9-14)18(15,17-13)16-4-2/h5-8,12H,3-4H2,1-2H3. The highest BCUT2D eigenvalue weighted by Crippen LogP contribution is 2.62. The van der Waals surface area contributed by atoms with Crippen molar-refractivity contribution in [1.82, 2.24) is 0 Å². The van der Waals surface area contributed by atoms with E-state index in [0.29, 0.717) is 5.56 Å². The van der Waals surface area contributed by atoms with Crippen molar-refractivity contribution in [2.75, 3.05) is 6.61 Å². The normalized spacial score (nSPS) is 15.7. The summed E-state index contributed by atoms with van der Waals surface area (Å²) >= 11 is 5.27. The number of benzene rings is 1. The Labute approximate surface area is 112 Å². The number of hydrogen-bond acceptors (Lipinski definition) is 4. The van der Waals surface area contributed by atoms with Crippen LogP contribution in [0.1, 0.15) is 30.6 Å². The lowest BCUT2D eigenvalue weighted by molar-refractivity contribution is 0.281. The van der Waals surface area contributed by atoms with Crippen LogP contribution in [0.3, 0.4) is 0 Å². The minimum Gasteiger partial charge on any atom is -0.307 e. The predicted octanol–water partition coefficient (Wildman–Crippen LogP) is 4.21. The second kappa shape index (κ2) is 6.92. The lowest BCUT2D eigenvalue weighted by atomic mass is 10.0. The molecule has 0 bridgehead atoms. The number of nitriles is 1. The zero-order valence-electron chi connectivity index (χ0n) is 10.3. The second-order valence-electron chi connectivity index (χ2n) is 3.61. The fraction of sp³-hybridized carbons (Fsp3) is 0.417. The summed E-state index contributed by atoms with van der Waals surface area (Å²) in [5.41, 5.74) is 0.559. The third-order valence-corrected chi connectivity index (χ3v) is 4.99. The summed E-state index contributed by atoms with van der Waals surface area (Å²) in [6.45, 7) is 3.79. The molecule has 4 nitrogen and oxygen atoms in total. The molecule has 0 saturated heterocycles. The molecule has 1 aromatic carbocycles. The Bertz CT molecular complexity index is 486. The van der Waals surface area contributed by atoms with Gasteiger partial charge in [-0.3, -0.25) is 4.57 Å². The van der Waals surface area contributed by atoms with Gasteiger partial charge in [0.2, 0.25) is 0 Å². The summed E-state index contributed by atoms with van der Waals surface area (Å²) in [5.74, 6) is 0. The maximum atomic E-state index is 12.4. The van der Waals surface area contributed by atoms with Crippen LogP contribution in [0.4, 0.5) is 0 Å². The Morgan fingerprint density at radius 3 is 2.61 bits per heavy atom. The topological polar surface area (TPSA) is 59.3 Å². The predicted molar refractivity (Wildman–Crippen MR) is 70.3 cm³/mol. The summed E-state index contributed by atoms with van der Waals surface area (Å²) in [4.78, 5) is 0. The smallest absolute Gasteiger partial charge is 0.307 e. The van der Waals surface area contributed by atoms with Crippen LogP contribution in [0.5, 0.6) is 0 Å². The highest BCUT2D eigenvalue weighted by atomic mass is 35.5. The molecule has 0 aliphatic rings. The van der Waals surface area contributed by atoms with Gasteiger partial charge in [-0.1, -0.05) is 31.2 Å². The molecule has 0 aliphatic heterocycles. The molecule has 18 heavy (non-hydrogen) atoms. The molecule has 2 atom stereocenters. The SMILES string of the molecule is CCOP(=O)(OCl)C(C#N)c1ccccc1CC. The second-order valence-corrected chi connectivity index (χ2v) is 6.02. The van der Waals surface area contributed by atoms with Gasteiger partial charge in [0.1, 0.15) is 0 Å². The van der Waals surface area contributed by atoms with Gasteiger partial charge in [-0.2, -0.15) is 9.34 Å². The lowest BCUT2D eigenvalue weighted by Crippen LogP contribution is -2.04. The largest absolute Gasteiger partial charge is 0.368 e. The summed E-state index contributed by atoms with van der Waals surface area (Å²) in [7, 11) is -3.67. The van der Waals surface area contributed by atoms with E-state index in [1.54, 1.807) is 19.1 Å². The number of rotatable bonds is 6. The van der Waals surface area contributed by atoms with Crippen molar-refractivity contribution in [2.24, 2.45) is 0 Å². The Morgan fingerprint density at radius 2 is 2.11 bits per heavy atom. The Balaban J connectivity index is 3.25. The third-order valence-electron chi connectivity index (χ3n) is 2.57. The van der Waals surface area contributed by atoms with Gasteiger partial charge < -0.3 is 4.52 Å². The van der Waals surface area contributed by atoms with E-state index >= 15 is 0 Å². The van der Waals surface area contributed by atoms with E-state index in [-0.39, 0.29) is 6.61 Å².